The third-order valence-corrected chi connectivity index (χ3v) is 5.46. The predicted octanol–water partition coefficient (Wildman–Crippen LogP) is 5.10. The second-order valence-electron chi connectivity index (χ2n) is 7.12. The fourth-order valence-corrected chi connectivity index (χ4v) is 3.92. The second kappa shape index (κ2) is 9.54. The van der Waals surface area contributed by atoms with E-state index in [1.165, 1.54) is 11.3 Å². The van der Waals surface area contributed by atoms with Gasteiger partial charge in [0, 0.05) is 23.1 Å². The number of nitrogens with one attached hydrogen (secondary N) is 1. The van der Waals surface area contributed by atoms with Gasteiger partial charge in [-0.25, -0.2) is 9.78 Å². The van der Waals surface area contributed by atoms with Gasteiger partial charge in [-0.2, -0.15) is 0 Å². The number of thiazole rings is 1. The molecule has 1 heterocycles. The van der Waals surface area contributed by atoms with Gasteiger partial charge in [0.25, 0.3) is 5.91 Å². The Morgan fingerprint density at radius 2 is 1.67 bits per heavy atom. The standard InChI is InChI=1S/C23H25N3O3S/c1-15(2)26(21(27)14-29-23(28)22-16(3)24-17(4)30-22)20-12-10-19(11-13-20)25-18-8-6-5-7-9-18/h5-13,15,25H,14H2,1-4H3. The first-order chi connectivity index (χ1) is 14.3. The molecular weight excluding hydrogens is 398 g/mol. The van der Waals surface area contributed by atoms with Crippen LogP contribution >= 0.6 is 11.3 Å². The van der Waals surface area contributed by atoms with Crippen molar-refractivity contribution in [2.75, 3.05) is 16.8 Å². The molecule has 0 radical (unpaired) electrons. The average Bonchev–Trinajstić information content (AvgIpc) is 3.06. The molecule has 3 aromatic rings. The van der Waals surface area contributed by atoms with Gasteiger partial charge in [-0.15, -0.1) is 11.3 Å². The number of ether oxygens (including phenoxy) is 1. The predicted molar refractivity (Wildman–Crippen MR) is 121 cm³/mol. The summed E-state index contributed by atoms with van der Waals surface area (Å²) in [5.41, 5.74) is 3.28. The van der Waals surface area contributed by atoms with Crippen molar-refractivity contribution < 1.29 is 14.3 Å². The van der Waals surface area contributed by atoms with Crippen LogP contribution in [0.2, 0.25) is 0 Å². The molecule has 1 N–H and O–H groups in total. The summed E-state index contributed by atoms with van der Waals surface area (Å²) in [6.45, 7) is 7.11. The lowest BCUT2D eigenvalue weighted by Crippen LogP contribution is -2.39. The van der Waals surface area contributed by atoms with Crippen LogP contribution in [-0.4, -0.2) is 29.5 Å². The third-order valence-electron chi connectivity index (χ3n) is 4.41. The Bertz CT molecular complexity index is 1010. The van der Waals surface area contributed by atoms with Gasteiger partial charge in [0.05, 0.1) is 10.7 Å². The summed E-state index contributed by atoms with van der Waals surface area (Å²) in [5.74, 6) is -0.793. The van der Waals surface area contributed by atoms with Gasteiger partial charge >= 0.3 is 5.97 Å². The van der Waals surface area contributed by atoms with Crippen LogP contribution in [0.4, 0.5) is 17.1 Å². The number of anilines is 3. The van der Waals surface area contributed by atoms with Crippen molar-refractivity contribution in [2.45, 2.75) is 33.7 Å². The first-order valence-electron chi connectivity index (χ1n) is 9.70. The van der Waals surface area contributed by atoms with E-state index in [0.29, 0.717) is 10.6 Å². The minimum Gasteiger partial charge on any atom is -0.451 e. The van der Waals surface area contributed by atoms with Gasteiger partial charge in [-0.05, 0) is 64.1 Å². The molecule has 30 heavy (non-hydrogen) atoms. The van der Waals surface area contributed by atoms with Gasteiger partial charge in [0.2, 0.25) is 0 Å². The Hall–Kier alpha value is -3.19. The zero-order chi connectivity index (χ0) is 21.7. The summed E-state index contributed by atoms with van der Waals surface area (Å²) in [7, 11) is 0. The molecule has 1 aromatic heterocycles. The number of hydrogen-bond donors (Lipinski definition) is 1. The summed E-state index contributed by atoms with van der Waals surface area (Å²) >= 11 is 1.27. The number of aromatic nitrogens is 1. The van der Waals surface area contributed by atoms with Crippen LogP contribution < -0.4 is 10.2 Å². The summed E-state index contributed by atoms with van der Waals surface area (Å²) in [6.07, 6.45) is 0. The zero-order valence-corrected chi connectivity index (χ0v) is 18.3. The van der Waals surface area contributed by atoms with Crippen LogP contribution in [0.15, 0.2) is 54.6 Å². The Morgan fingerprint density at radius 1 is 1.03 bits per heavy atom. The highest BCUT2D eigenvalue weighted by Gasteiger charge is 2.22. The molecular formula is C23H25N3O3S. The monoisotopic (exact) mass is 423 g/mol. The highest BCUT2D eigenvalue weighted by Crippen LogP contribution is 2.23. The van der Waals surface area contributed by atoms with E-state index in [-0.39, 0.29) is 18.6 Å². The smallest absolute Gasteiger partial charge is 0.350 e. The molecule has 0 bridgehead atoms. The number of amides is 1. The molecule has 3 rings (SSSR count). The maximum atomic E-state index is 12.8. The molecule has 1 amide bonds. The van der Waals surface area contributed by atoms with Crippen LogP contribution in [0.5, 0.6) is 0 Å². The van der Waals surface area contributed by atoms with Crippen molar-refractivity contribution in [3.63, 3.8) is 0 Å². The molecule has 0 fully saturated rings. The summed E-state index contributed by atoms with van der Waals surface area (Å²) in [5, 5.41) is 4.11. The molecule has 0 aliphatic carbocycles. The lowest BCUT2D eigenvalue weighted by Gasteiger charge is -2.27. The number of aryl methyl sites for hydroxylation is 2. The van der Waals surface area contributed by atoms with E-state index in [4.69, 9.17) is 4.74 Å². The summed E-state index contributed by atoms with van der Waals surface area (Å²) < 4.78 is 5.27. The number of nitrogens with zero attached hydrogens (tertiary/aromatic N) is 2. The second-order valence-corrected chi connectivity index (χ2v) is 8.32. The SMILES string of the molecule is Cc1nc(C)c(C(=O)OCC(=O)N(c2ccc(Nc3ccccc3)cc2)C(C)C)s1. The topological polar surface area (TPSA) is 71.5 Å². The van der Waals surface area contributed by atoms with Crippen molar-refractivity contribution in [3.8, 4) is 0 Å². The van der Waals surface area contributed by atoms with Gasteiger partial charge in [-0.3, -0.25) is 4.79 Å². The highest BCUT2D eigenvalue weighted by molar-refractivity contribution is 7.13. The van der Waals surface area contributed by atoms with E-state index in [2.05, 4.69) is 10.3 Å². The van der Waals surface area contributed by atoms with Gasteiger partial charge in [-0.1, -0.05) is 18.2 Å². The fraction of sp³-hybridized carbons (Fsp3) is 0.261. The number of hydrogen-bond acceptors (Lipinski definition) is 6. The minimum absolute atomic E-state index is 0.0866. The summed E-state index contributed by atoms with van der Waals surface area (Å²) in [6, 6.07) is 17.4. The summed E-state index contributed by atoms with van der Waals surface area (Å²) in [4.78, 5) is 31.4. The van der Waals surface area contributed by atoms with E-state index in [9.17, 15) is 9.59 Å². The molecule has 0 aliphatic rings. The van der Waals surface area contributed by atoms with E-state index in [0.717, 1.165) is 22.1 Å². The number of rotatable bonds is 7. The van der Waals surface area contributed by atoms with Crippen molar-refractivity contribution in [1.82, 2.24) is 4.98 Å². The molecule has 156 valence electrons. The zero-order valence-electron chi connectivity index (χ0n) is 17.5. The highest BCUT2D eigenvalue weighted by atomic mass is 32.1. The molecule has 0 saturated heterocycles. The average molecular weight is 424 g/mol. The minimum atomic E-state index is -0.516. The maximum Gasteiger partial charge on any atom is 0.350 e. The normalized spacial score (nSPS) is 10.7. The number of carbonyl (C=O) groups is 2. The maximum absolute atomic E-state index is 12.8. The van der Waals surface area contributed by atoms with Crippen molar-refractivity contribution in [1.29, 1.82) is 0 Å². The molecule has 2 aromatic carbocycles. The van der Waals surface area contributed by atoms with E-state index < -0.39 is 5.97 Å². The first-order valence-corrected chi connectivity index (χ1v) is 10.5. The lowest BCUT2D eigenvalue weighted by molar-refractivity contribution is -0.122. The molecule has 0 unspecified atom stereocenters. The van der Waals surface area contributed by atoms with Crippen molar-refractivity contribution >= 4 is 40.3 Å². The molecule has 0 spiro atoms. The first kappa shape index (κ1) is 21.5. The number of esters is 1. The van der Waals surface area contributed by atoms with E-state index in [1.54, 1.807) is 11.8 Å². The van der Waals surface area contributed by atoms with Crippen molar-refractivity contribution in [3.05, 3.63) is 70.2 Å². The van der Waals surface area contributed by atoms with Crippen LogP contribution in [0.25, 0.3) is 0 Å². The fourth-order valence-electron chi connectivity index (χ4n) is 3.11. The van der Waals surface area contributed by atoms with Crippen molar-refractivity contribution in [2.24, 2.45) is 0 Å². The van der Waals surface area contributed by atoms with Gasteiger partial charge in [0.15, 0.2) is 6.61 Å². The van der Waals surface area contributed by atoms with Crippen LogP contribution in [0.1, 0.15) is 34.2 Å². The Kier molecular flexibility index (Phi) is 6.84. The number of benzene rings is 2. The van der Waals surface area contributed by atoms with Gasteiger partial charge in [0.1, 0.15) is 4.88 Å². The van der Waals surface area contributed by atoms with Crippen LogP contribution in [0.3, 0.4) is 0 Å². The van der Waals surface area contributed by atoms with Crippen LogP contribution in [0, 0.1) is 13.8 Å². The molecule has 6 nitrogen and oxygen atoms in total. The van der Waals surface area contributed by atoms with Crippen LogP contribution in [-0.2, 0) is 9.53 Å². The largest absolute Gasteiger partial charge is 0.451 e. The Balaban J connectivity index is 1.66. The quantitative estimate of drug-likeness (QED) is 0.535. The molecule has 0 saturated carbocycles. The van der Waals surface area contributed by atoms with Gasteiger partial charge < -0.3 is 15.0 Å². The number of para-hydroxylation sites is 1. The number of carbonyl (C=O) groups excluding carboxylic acids is 2. The van der Waals surface area contributed by atoms with E-state index >= 15 is 0 Å². The van der Waals surface area contributed by atoms with E-state index in [1.807, 2.05) is 75.4 Å². The molecule has 7 heteroatoms. The lowest BCUT2D eigenvalue weighted by atomic mass is 10.2. The Labute approximate surface area is 180 Å². The third kappa shape index (κ3) is 5.24. The molecule has 0 aliphatic heterocycles. The Morgan fingerprint density at radius 3 is 2.23 bits per heavy atom. The molecule has 0 atom stereocenters.